The number of anilines is 3. The minimum Gasteiger partial charge on any atom is -0.497 e. The molecule has 3 N–H and O–H groups in total. The number of urea groups is 1. The molecule has 1 saturated heterocycles. The fraction of sp³-hybridized carbons (Fsp3) is 0.265. The minimum atomic E-state index is -0.436. The zero-order chi connectivity index (χ0) is 30.6. The molecule has 3 heterocycles. The molecule has 2 unspecified atom stereocenters. The Kier molecular flexibility index (Phi) is 8.56. The van der Waals surface area contributed by atoms with Crippen LogP contribution in [-0.2, 0) is 13.0 Å². The largest absolute Gasteiger partial charge is 0.497 e. The first-order chi connectivity index (χ1) is 21.4. The summed E-state index contributed by atoms with van der Waals surface area (Å²) in [6.45, 7) is 2.54. The third-order valence-electron chi connectivity index (χ3n) is 8.27. The standard InChI is InChI=1S/C34H34ClN5O4/c1-44-28-5-2-4-27(18-28)37-34(43)38-29-17-24(33(42)36-15-14-22-8-11-26(35)12-9-22)10-13-31(29)39-19-23-16-25(21-39)30-6-3-7-32(41)40(30)20-23/h2-13,17-18,23,25H,14-16,19-21H2,1H3,(H,36,42)(H2,37,38,43). The second-order valence-corrected chi connectivity index (χ2v) is 11.7. The van der Waals surface area contributed by atoms with Crippen molar-refractivity contribution >= 4 is 40.6 Å². The Morgan fingerprint density at radius 2 is 1.75 bits per heavy atom. The summed E-state index contributed by atoms with van der Waals surface area (Å²) in [5.41, 5.74) is 4.52. The van der Waals surface area contributed by atoms with Crippen LogP contribution in [0.4, 0.5) is 21.9 Å². The van der Waals surface area contributed by atoms with E-state index in [2.05, 4.69) is 20.9 Å². The van der Waals surface area contributed by atoms with Gasteiger partial charge in [0.15, 0.2) is 0 Å². The molecule has 0 spiro atoms. The van der Waals surface area contributed by atoms with Crippen LogP contribution >= 0.6 is 11.6 Å². The number of ether oxygens (including phenoxy) is 1. The van der Waals surface area contributed by atoms with Gasteiger partial charge in [-0.3, -0.25) is 9.59 Å². The van der Waals surface area contributed by atoms with Gasteiger partial charge in [0.2, 0.25) is 0 Å². The second-order valence-electron chi connectivity index (χ2n) is 11.3. The summed E-state index contributed by atoms with van der Waals surface area (Å²) in [4.78, 5) is 41.2. The average Bonchev–Trinajstić information content (AvgIpc) is 3.02. The van der Waals surface area contributed by atoms with Crippen molar-refractivity contribution in [2.75, 3.05) is 42.3 Å². The first-order valence-electron chi connectivity index (χ1n) is 14.7. The van der Waals surface area contributed by atoms with Crippen LogP contribution in [0.15, 0.2) is 89.7 Å². The number of nitrogens with one attached hydrogen (secondary N) is 3. The molecule has 6 rings (SSSR count). The number of nitrogens with zero attached hydrogens (tertiary/aromatic N) is 2. The van der Waals surface area contributed by atoms with Crippen molar-refractivity contribution in [3.8, 4) is 5.75 Å². The molecule has 0 aliphatic carbocycles. The number of hydrogen-bond donors (Lipinski definition) is 3. The van der Waals surface area contributed by atoms with E-state index in [1.807, 2.05) is 47.0 Å². The second kappa shape index (κ2) is 12.9. The highest BCUT2D eigenvalue weighted by Gasteiger charge is 2.35. The van der Waals surface area contributed by atoms with E-state index in [1.54, 1.807) is 49.6 Å². The van der Waals surface area contributed by atoms with Crippen LogP contribution in [-0.4, -0.2) is 43.2 Å². The topological polar surface area (TPSA) is 105 Å². The summed E-state index contributed by atoms with van der Waals surface area (Å²) in [6, 6.07) is 25.1. The Bertz CT molecular complexity index is 1740. The summed E-state index contributed by atoms with van der Waals surface area (Å²) < 4.78 is 7.18. The number of pyridine rings is 1. The molecule has 1 fully saturated rings. The highest BCUT2D eigenvalue weighted by molar-refractivity contribution is 6.30. The van der Waals surface area contributed by atoms with Gasteiger partial charge in [-0.15, -0.1) is 0 Å². The van der Waals surface area contributed by atoms with Crippen LogP contribution in [0.5, 0.6) is 5.75 Å². The van der Waals surface area contributed by atoms with E-state index < -0.39 is 6.03 Å². The van der Waals surface area contributed by atoms with Crippen molar-refractivity contribution in [2.24, 2.45) is 5.92 Å². The van der Waals surface area contributed by atoms with Crippen molar-refractivity contribution in [2.45, 2.75) is 25.3 Å². The van der Waals surface area contributed by atoms with E-state index >= 15 is 0 Å². The Morgan fingerprint density at radius 1 is 0.932 bits per heavy atom. The van der Waals surface area contributed by atoms with Gasteiger partial charge >= 0.3 is 6.03 Å². The number of piperidine rings is 1. The molecule has 226 valence electrons. The lowest BCUT2D eigenvalue weighted by atomic mass is 9.83. The molecule has 2 aliphatic rings. The number of aromatic nitrogens is 1. The minimum absolute atomic E-state index is 0.0358. The Morgan fingerprint density at radius 3 is 2.57 bits per heavy atom. The van der Waals surface area contributed by atoms with E-state index in [9.17, 15) is 14.4 Å². The van der Waals surface area contributed by atoms with Crippen molar-refractivity contribution < 1.29 is 14.3 Å². The molecule has 10 heteroatoms. The van der Waals surface area contributed by atoms with Crippen LogP contribution in [0, 0.1) is 5.92 Å². The van der Waals surface area contributed by atoms with Gasteiger partial charge in [0.05, 0.1) is 18.5 Å². The molecule has 1 aromatic heterocycles. The summed E-state index contributed by atoms with van der Waals surface area (Å²) in [6.07, 6.45) is 1.67. The normalized spacial score (nSPS) is 16.9. The monoisotopic (exact) mass is 611 g/mol. The first kappa shape index (κ1) is 29.3. The van der Waals surface area contributed by atoms with Crippen LogP contribution in [0.1, 0.15) is 34.0 Å². The Balaban J connectivity index is 1.23. The molecule has 4 aromatic rings. The van der Waals surface area contributed by atoms with Gasteiger partial charge in [-0.2, -0.15) is 0 Å². The number of carbonyl (C=O) groups is 2. The number of benzene rings is 3. The number of fused-ring (bicyclic) bond motifs is 4. The summed E-state index contributed by atoms with van der Waals surface area (Å²) in [7, 11) is 1.57. The number of carbonyl (C=O) groups excluding carboxylic acids is 2. The van der Waals surface area contributed by atoms with Crippen LogP contribution in [0.2, 0.25) is 5.02 Å². The zero-order valence-electron chi connectivity index (χ0n) is 24.4. The Hall–Kier alpha value is -4.76. The van der Waals surface area contributed by atoms with Gasteiger partial charge in [-0.1, -0.05) is 35.9 Å². The van der Waals surface area contributed by atoms with Crippen LogP contribution in [0.3, 0.4) is 0 Å². The smallest absolute Gasteiger partial charge is 0.323 e. The van der Waals surface area contributed by atoms with Crippen molar-refractivity contribution in [3.05, 3.63) is 117 Å². The van der Waals surface area contributed by atoms with Crippen LogP contribution in [0.25, 0.3) is 0 Å². The predicted octanol–water partition coefficient (Wildman–Crippen LogP) is 5.75. The molecule has 2 bridgehead atoms. The van der Waals surface area contributed by atoms with E-state index in [4.69, 9.17) is 16.3 Å². The van der Waals surface area contributed by atoms with E-state index in [1.165, 1.54) is 0 Å². The lowest BCUT2D eigenvalue weighted by Crippen LogP contribution is -2.47. The maximum absolute atomic E-state index is 13.2. The number of hydrogen-bond acceptors (Lipinski definition) is 5. The number of rotatable bonds is 8. The molecule has 44 heavy (non-hydrogen) atoms. The highest BCUT2D eigenvalue weighted by atomic mass is 35.5. The van der Waals surface area contributed by atoms with Crippen molar-refractivity contribution in [1.29, 1.82) is 0 Å². The number of amides is 3. The molecule has 3 aromatic carbocycles. The average molecular weight is 612 g/mol. The van der Waals surface area contributed by atoms with Gasteiger partial charge in [0.1, 0.15) is 5.75 Å². The maximum atomic E-state index is 13.2. The fourth-order valence-electron chi connectivity index (χ4n) is 6.21. The van der Waals surface area contributed by atoms with Gasteiger partial charge < -0.3 is 30.2 Å². The van der Waals surface area contributed by atoms with E-state index in [-0.39, 0.29) is 23.3 Å². The summed E-state index contributed by atoms with van der Waals surface area (Å²) in [5, 5.41) is 9.51. The lowest BCUT2D eigenvalue weighted by molar-refractivity contribution is 0.0954. The van der Waals surface area contributed by atoms with Crippen molar-refractivity contribution in [3.63, 3.8) is 0 Å². The maximum Gasteiger partial charge on any atom is 0.323 e. The van der Waals surface area contributed by atoms with Gasteiger partial charge in [-0.25, -0.2) is 4.79 Å². The van der Waals surface area contributed by atoms with Crippen LogP contribution < -0.4 is 31.1 Å². The third-order valence-corrected chi connectivity index (χ3v) is 8.52. The zero-order valence-corrected chi connectivity index (χ0v) is 25.1. The molecule has 0 radical (unpaired) electrons. The van der Waals surface area contributed by atoms with E-state index in [0.717, 1.165) is 29.9 Å². The lowest BCUT2D eigenvalue weighted by Gasteiger charge is -2.44. The summed E-state index contributed by atoms with van der Waals surface area (Å²) >= 11 is 5.98. The molecule has 2 atom stereocenters. The SMILES string of the molecule is COc1cccc(NC(=O)Nc2cc(C(=O)NCCc3ccc(Cl)cc3)ccc2N2CC3CC(C2)c2cccc(=O)n2C3)c1. The predicted molar refractivity (Wildman–Crippen MR) is 173 cm³/mol. The molecular formula is C34H34ClN5O4. The fourth-order valence-corrected chi connectivity index (χ4v) is 6.33. The van der Waals surface area contributed by atoms with Gasteiger partial charge in [0.25, 0.3) is 11.5 Å². The molecular weight excluding hydrogens is 578 g/mol. The summed E-state index contributed by atoms with van der Waals surface area (Å²) in [5.74, 6) is 0.868. The number of halogens is 1. The third kappa shape index (κ3) is 6.58. The Labute approximate surface area is 260 Å². The number of methoxy groups -OCH3 is 1. The van der Waals surface area contributed by atoms with E-state index in [0.29, 0.717) is 53.8 Å². The molecule has 9 nitrogen and oxygen atoms in total. The molecule has 3 amide bonds. The van der Waals surface area contributed by atoms with Gasteiger partial charge in [-0.05, 0) is 72.9 Å². The highest BCUT2D eigenvalue weighted by Crippen LogP contribution is 2.39. The molecule has 2 aliphatic heterocycles. The molecule has 0 saturated carbocycles. The van der Waals surface area contributed by atoms with Crippen molar-refractivity contribution in [1.82, 2.24) is 9.88 Å². The quantitative estimate of drug-likeness (QED) is 0.235. The van der Waals surface area contributed by atoms with Gasteiger partial charge in [0, 0.05) is 66.2 Å². The first-order valence-corrected chi connectivity index (χ1v) is 15.1.